The average molecular weight is 537 g/mol. The van der Waals surface area contributed by atoms with E-state index in [9.17, 15) is 28.2 Å². The number of piperidine rings is 1. The molecular weight excluding hydrogens is 501 g/mol. The second kappa shape index (κ2) is 11.4. The number of aromatic nitrogens is 2. The predicted molar refractivity (Wildman–Crippen MR) is 137 cm³/mol. The molecule has 1 aromatic carbocycles. The summed E-state index contributed by atoms with van der Waals surface area (Å²) in [6.45, 7) is 1.96. The fourth-order valence-corrected chi connectivity index (χ4v) is 5.46. The normalized spacial score (nSPS) is 22.0. The predicted octanol–water partition coefficient (Wildman–Crippen LogP) is 3.95. The molecule has 0 spiro atoms. The zero-order chi connectivity index (χ0) is 27.6. The first-order chi connectivity index (χ1) is 18.0. The molecule has 2 aromatic rings. The molecule has 2 aliphatic rings. The molecule has 1 aliphatic carbocycles. The number of benzene rings is 1. The van der Waals surface area contributed by atoms with Crippen molar-refractivity contribution in [2.75, 3.05) is 44.4 Å². The minimum Gasteiger partial charge on any atom is -0.481 e. The molecule has 0 amide bonds. The molecule has 1 saturated heterocycles. The van der Waals surface area contributed by atoms with Crippen LogP contribution in [-0.4, -0.2) is 82.3 Å². The maximum Gasteiger partial charge on any atom is 0.421 e. The Kier molecular flexibility index (Phi) is 8.43. The summed E-state index contributed by atoms with van der Waals surface area (Å²) in [6.07, 6.45) is -1.32. The van der Waals surface area contributed by atoms with E-state index in [1.807, 2.05) is 11.9 Å². The van der Waals surface area contributed by atoms with Crippen LogP contribution in [0.3, 0.4) is 0 Å². The van der Waals surface area contributed by atoms with Gasteiger partial charge in [0.25, 0.3) is 0 Å². The second-order valence-corrected chi connectivity index (χ2v) is 10.3. The van der Waals surface area contributed by atoms with E-state index in [-0.39, 0.29) is 17.8 Å². The average Bonchev–Trinajstić information content (AvgIpc) is 3.38. The second-order valence-electron chi connectivity index (χ2n) is 10.3. The van der Waals surface area contributed by atoms with Crippen LogP contribution in [0.4, 0.5) is 30.6 Å². The molecule has 0 bridgehead atoms. The third kappa shape index (κ3) is 6.19. The maximum absolute atomic E-state index is 13.8. The summed E-state index contributed by atoms with van der Waals surface area (Å²) in [7, 11) is 5.44. The Morgan fingerprint density at radius 2 is 1.79 bits per heavy atom. The van der Waals surface area contributed by atoms with Crippen molar-refractivity contribution in [3.05, 3.63) is 41.6 Å². The molecule has 38 heavy (non-hydrogen) atoms. The van der Waals surface area contributed by atoms with Gasteiger partial charge in [0.1, 0.15) is 17.6 Å². The van der Waals surface area contributed by atoms with Gasteiger partial charge in [-0.05, 0) is 70.6 Å². The standard InChI is InChI=1S/C26H35F3N6O3/c1-33-13-11-18(12-14-33)34(2)23(36)16-7-9-17(10-8-16)31-25-30-15-20(26(27,28)29)22(32-25)35(3)21-6-4-5-19(21)24(37)38/h7-10,15,18-19,21,23,36H,4-6,11-14H2,1-3H3,(H,37,38)(H,30,31,32)/t19-,21?,23?/m0/s1. The van der Waals surface area contributed by atoms with E-state index >= 15 is 0 Å². The number of carbonyl (C=O) groups is 1. The number of likely N-dealkylation sites (tertiary alicyclic amines) is 1. The minimum absolute atomic E-state index is 0.0403. The van der Waals surface area contributed by atoms with Crippen LogP contribution in [0.25, 0.3) is 0 Å². The molecule has 9 nitrogen and oxygen atoms in total. The third-order valence-corrected chi connectivity index (χ3v) is 7.82. The number of aliphatic carboxylic acids is 1. The largest absolute Gasteiger partial charge is 0.481 e. The van der Waals surface area contributed by atoms with E-state index < -0.39 is 35.9 Å². The number of nitrogens with zero attached hydrogens (tertiary/aromatic N) is 5. The van der Waals surface area contributed by atoms with Crippen molar-refractivity contribution in [3.8, 4) is 0 Å². The SMILES string of the molecule is CN1CCC(N(C)C(O)c2ccc(Nc3ncc(C(F)(F)F)c(N(C)C4CCC[C@@H]4C(=O)O)n3)cc2)CC1. The molecule has 1 saturated carbocycles. The lowest BCUT2D eigenvalue weighted by atomic mass is 10.0. The number of hydrogen-bond donors (Lipinski definition) is 3. The highest BCUT2D eigenvalue weighted by Gasteiger charge is 2.41. The number of carboxylic acid groups (broad SMARTS) is 1. The smallest absolute Gasteiger partial charge is 0.421 e. The number of rotatable bonds is 8. The van der Waals surface area contributed by atoms with E-state index in [2.05, 4.69) is 27.2 Å². The molecule has 4 rings (SSSR count). The highest BCUT2D eigenvalue weighted by atomic mass is 19.4. The zero-order valence-corrected chi connectivity index (χ0v) is 21.8. The summed E-state index contributed by atoms with van der Waals surface area (Å²) in [6, 6.07) is 6.61. The molecule has 2 heterocycles. The van der Waals surface area contributed by atoms with E-state index in [1.54, 1.807) is 24.3 Å². The fraction of sp³-hybridized carbons (Fsp3) is 0.577. The Hall–Kier alpha value is -2.96. The molecule has 1 aromatic heterocycles. The summed E-state index contributed by atoms with van der Waals surface area (Å²) in [4.78, 5) is 25.2. The summed E-state index contributed by atoms with van der Waals surface area (Å²) in [5.74, 6) is -2.19. The van der Waals surface area contributed by atoms with Crippen LogP contribution in [0.1, 0.15) is 49.5 Å². The van der Waals surface area contributed by atoms with Crippen LogP contribution >= 0.6 is 0 Å². The van der Waals surface area contributed by atoms with Crippen LogP contribution in [0.5, 0.6) is 0 Å². The van der Waals surface area contributed by atoms with Crippen molar-refractivity contribution < 1.29 is 28.2 Å². The number of aliphatic hydroxyl groups excluding tert-OH is 1. The van der Waals surface area contributed by atoms with Gasteiger partial charge in [0.05, 0.1) is 5.92 Å². The summed E-state index contributed by atoms with van der Waals surface area (Å²) in [5.41, 5.74) is 0.226. The van der Waals surface area contributed by atoms with Crippen LogP contribution in [0.15, 0.2) is 30.5 Å². The van der Waals surface area contributed by atoms with Crippen LogP contribution < -0.4 is 10.2 Å². The van der Waals surface area contributed by atoms with Gasteiger partial charge >= 0.3 is 12.1 Å². The number of carboxylic acids is 1. The number of alkyl halides is 3. The number of hydrogen-bond acceptors (Lipinski definition) is 8. The first-order valence-corrected chi connectivity index (χ1v) is 12.8. The maximum atomic E-state index is 13.8. The molecule has 3 N–H and O–H groups in total. The van der Waals surface area contributed by atoms with Crippen molar-refractivity contribution in [1.29, 1.82) is 0 Å². The van der Waals surface area contributed by atoms with Gasteiger partial charge in [-0.1, -0.05) is 18.6 Å². The van der Waals surface area contributed by atoms with Gasteiger partial charge < -0.3 is 25.3 Å². The van der Waals surface area contributed by atoms with Crippen molar-refractivity contribution in [1.82, 2.24) is 19.8 Å². The molecular formula is C26H35F3N6O3. The topological polar surface area (TPSA) is 105 Å². The number of halogens is 3. The van der Waals surface area contributed by atoms with E-state index in [4.69, 9.17) is 0 Å². The van der Waals surface area contributed by atoms with Gasteiger partial charge in [0.15, 0.2) is 0 Å². The molecule has 2 unspecified atom stereocenters. The lowest BCUT2D eigenvalue weighted by Crippen LogP contribution is -2.43. The van der Waals surface area contributed by atoms with Gasteiger partial charge in [-0.2, -0.15) is 18.2 Å². The van der Waals surface area contributed by atoms with Crippen molar-refractivity contribution in [3.63, 3.8) is 0 Å². The zero-order valence-electron chi connectivity index (χ0n) is 21.8. The molecule has 2 fully saturated rings. The molecule has 12 heteroatoms. The Labute approximate surface area is 220 Å². The molecule has 208 valence electrons. The summed E-state index contributed by atoms with van der Waals surface area (Å²) >= 11 is 0. The van der Waals surface area contributed by atoms with Gasteiger partial charge in [0.2, 0.25) is 5.95 Å². The minimum atomic E-state index is -4.70. The quantitative estimate of drug-likeness (QED) is 0.433. The van der Waals surface area contributed by atoms with Crippen molar-refractivity contribution >= 4 is 23.4 Å². The van der Waals surface area contributed by atoms with Crippen LogP contribution in [0, 0.1) is 5.92 Å². The highest BCUT2D eigenvalue weighted by molar-refractivity contribution is 5.72. The van der Waals surface area contributed by atoms with Gasteiger partial charge in [-0.15, -0.1) is 0 Å². The summed E-state index contributed by atoms with van der Waals surface area (Å²) in [5, 5.41) is 23.3. The lowest BCUT2D eigenvalue weighted by molar-refractivity contribution is -0.141. The number of nitrogens with one attached hydrogen (secondary N) is 1. The van der Waals surface area contributed by atoms with Gasteiger partial charge in [-0.25, -0.2) is 4.98 Å². The Morgan fingerprint density at radius 1 is 1.13 bits per heavy atom. The number of anilines is 3. The fourth-order valence-electron chi connectivity index (χ4n) is 5.46. The van der Waals surface area contributed by atoms with Gasteiger partial charge in [0, 0.05) is 31.0 Å². The monoisotopic (exact) mass is 536 g/mol. The first-order valence-electron chi connectivity index (χ1n) is 12.8. The van der Waals surface area contributed by atoms with Crippen molar-refractivity contribution in [2.24, 2.45) is 5.92 Å². The lowest BCUT2D eigenvalue weighted by Gasteiger charge is -2.37. The van der Waals surface area contributed by atoms with E-state index in [0.29, 0.717) is 30.5 Å². The third-order valence-electron chi connectivity index (χ3n) is 7.82. The molecule has 0 radical (unpaired) electrons. The van der Waals surface area contributed by atoms with Crippen LogP contribution in [0.2, 0.25) is 0 Å². The van der Waals surface area contributed by atoms with Crippen molar-refractivity contribution in [2.45, 2.75) is 56.6 Å². The van der Waals surface area contributed by atoms with E-state index in [0.717, 1.165) is 32.1 Å². The van der Waals surface area contributed by atoms with Gasteiger partial charge in [-0.3, -0.25) is 9.69 Å². The Morgan fingerprint density at radius 3 is 2.39 bits per heavy atom. The number of aliphatic hydroxyl groups is 1. The van der Waals surface area contributed by atoms with E-state index in [1.165, 1.54) is 11.9 Å². The molecule has 3 atom stereocenters. The first kappa shape index (κ1) is 28.1. The summed E-state index contributed by atoms with van der Waals surface area (Å²) < 4.78 is 41.3. The Bertz CT molecular complexity index is 1110. The van der Waals surface area contributed by atoms with Crippen LogP contribution in [-0.2, 0) is 11.0 Å². The Balaban J connectivity index is 1.51. The highest BCUT2D eigenvalue weighted by Crippen LogP contribution is 2.39. The molecule has 1 aliphatic heterocycles.